The molecule has 1 aromatic rings. The fraction of sp³-hybridized carbons (Fsp3) is 0.467. The van der Waals surface area contributed by atoms with E-state index in [0.29, 0.717) is 25.9 Å². The molecule has 0 saturated carbocycles. The molecule has 1 heterocycles. The lowest BCUT2D eigenvalue weighted by molar-refractivity contribution is -0.148. The Morgan fingerprint density at radius 2 is 2.24 bits per heavy atom. The van der Waals surface area contributed by atoms with Gasteiger partial charge in [-0.2, -0.15) is 0 Å². The number of halogens is 1. The van der Waals surface area contributed by atoms with Crippen LogP contribution in [0.3, 0.4) is 0 Å². The average molecular weight is 355 g/mol. The number of carboxylic acids is 1. The van der Waals surface area contributed by atoms with E-state index in [2.05, 4.69) is 21.2 Å². The number of amides is 2. The van der Waals surface area contributed by atoms with Crippen LogP contribution in [0, 0.1) is 0 Å². The number of carbonyl (C=O) groups is 2. The molecule has 1 saturated heterocycles. The smallest absolute Gasteiger partial charge is 0.329 e. The van der Waals surface area contributed by atoms with Gasteiger partial charge in [-0.15, -0.1) is 0 Å². The summed E-state index contributed by atoms with van der Waals surface area (Å²) in [7, 11) is 0. The van der Waals surface area contributed by atoms with Crippen molar-refractivity contribution < 1.29 is 14.7 Å². The molecule has 0 aromatic heterocycles. The number of carbonyl (C=O) groups excluding carboxylic acids is 1. The molecule has 1 aliphatic heterocycles. The second-order valence-corrected chi connectivity index (χ2v) is 6.15. The molecular weight excluding hydrogens is 336 g/mol. The highest BCUT2D eigenvalue weighted by Crippen LogP contribution is 2.32. The van der Waals surface area contributed by atoms with E-state index in [-0.39, 0.29) is 6.03 Å². The molecule has 1 aromatic carbocycles. The summed E-state index contributed by atoms with van der Waals surface area (Å²) in [5, 5.41) is 12.3. The number of likely N-dealkylation sites (tertiary alicyclic amines) is 1. The Morgan fingerprint density at radius 1 is 1.48 bits per heavy atom. The van der Waals surface area contributed by atoms with E-state index in [1.165, 1.54) is 4.90 Å². The highest BCUT2D eigenvalue weighted by molar-refractivity contribution is 9.10. The second kappa shape index (κ2) is 6.47. The van der Waals surface area contributed by atoms with Gasteiger partial charge in [-0.1, -0.05) is 35.0 Å². The number of carboxylic acid groups (broad SMARTS) is 1. The maximum atomic E-state index is 12.3. The number of benzene rings is 1. The zero-order chi connectivity index (χ0) is 15.5. The van der Waals surface area contributed by atoms with E-state index >= 15 is 0 Å². The predicted octanol–water partition coefficient (Wildman–Crippen LogP) is 2.99. The molecule has 2 amide bonds. The molecule has 1 unspecified atom stereocenters. The van der Waals surface area contributed by atoms with Crippen molar-refractivity contribution in [2.45, 2.75) is 38.3 Å². The minimum absolute atomic E-state index is 0.309. The van der Waals surface area contributed by atoms with Crippen LogP contribution in [0.25, 0.3) is 0 Å². The third kappa shape index (κ3) is 3.20. The normalized spacial score (nSPS) is 21.3. The minimum atomic E-state index is -1.05. The van der Waals surface area contributed by atoms with Gasteiger partial charge in [0.2, 0.25) is 0 Å². The number of nitrogens with one attached hydrogen (secondary N) is 1. The van der Waals surface area contributed by atoms with E-state index in [0.717, 1.165) is 16.5 Å². The number of nitrogens with zero attached hydrogens (tertiary/aromatic N) is 1. The first kappa shape index (κ1) is 15.8. The van der Waals surface area contributed by atoms with E-state index in [1.807, 2.05) is 31.2 Å². The lowest BCUT2D eigenvalue weighted by Gasteiger charge is -2.33. The van der Waals surface area contributed by atoms with Crippen molar-refractivity contribution in [1.29, 1.82) is 0 Å². The SMILES string of the molecule is CCC1(C(=O)O)CCCN1C(=O)NCc1cccc(Br)c1. The molecule has 1 aliphatic rings. The van der Waals surface area contributed by atoms with Gasteiger partial charge in [0.1, 0.15) is 5.54 Å². The average Bonchev–Trinajstić information content (AvgIpc) is 2.90. The summed E-state index contributed by atoms with van der Waals surface area (Å²) in [6, 6.07) is 7.35. The lowest BCUT2D eigenvalue weighted by atomic mass is 9.93. The molecular formula is C15H19BrN2O3. The maximum Gasteiger partial charge on any atom is 0.329 e. The summed E-state index contributed by atoms with van der Waals surface area (Å²) in [5.41, 5.74) is -0.0872. The van der Waals surface area contributed by atoms with E-state index in [1.54, 1.807) is 0 Å². The number of hydrogen-bond donors (Lipinski definition) is 2. The first-order chi connectivity index (χ1) is 9.99. The van der Waals surface area contributed by atoms with Crippen LogP contribution in [0.2, 0.25) is 0 Å². The quantitative estimate of drug-likeness (QED) is 0.872. The van der Waals surface area contributed by atoms with Gasteiger partial charge in [0, 0.05) is 17.6 Å². The highest BCUT2D eigenvalue weighted by atomic mass is 79.9. The van der Waals surface area contributed by atoms with Crippen LogP contribution in [0.1, 0.15) is 31.7 Å². The summed E-state index contributed by atoms with van der Waals surface area (Å²) in [5.74, 6) is -0.917. The number of urea groups is 1. The van der Waals surface area contributed by atoms with Crippen LogP contribution < -0.4 is 5.32 Å². The third-order valence-corrected chi connectivity index (χ3v) is 4.54. The second-order valence-electron chi connectivity index (χ2n) is 5.23. The van der Waals surface area contributed by atoms with Gasteiger partial charge < -0.3 is 15.3 Å². The number of hydrogen-bond acceptors (Lipinski definition) is 2. The summed E-state index contributed by atoms with van der Waals surface area (Å²) in [6.07, 6.45) is 1.67. The van der Waals surface area contributed by atoms with E-state index in [9.17, 15) is 14.7 Å². The first-order valence-electron chi connectivity index (χ1n) is 7.03. The zero-order valence-corrected chi connectivity index (χ0v) is 13.5. The minimum Gasteiger partial charge on any atom is -0.479 e. The van der Waals surface area contributed by atoms with Gasteiger partial charge in [0.25, 0.3) is 0 Å². The molecule has 1 fully saturated rings. The van der Waals surface area contributed by atoms with Gasteiger partial charge in [0.15, 0.2) is 0 Å². The van der Waals surface area contributed by atoms with Crippen LogP contribution in [0.4, 0.5) is 4.79 Å². The van der Waals surface area contributed by atoms with Gasteiger partial charge >= 0.3 is 12.0 Å². The van der Waals surface area contributed by atoms with Gasteiger partial charge in [-0.3, -0.25) is 0 Å². The van der Waals surface area contributed by atoms with Gasteiger partial charge in [-0.05, 0) is 37.0 Å². The highest BCUT2D eigenvalue weighted by Gasteiger charge is 2.48. The maximum absolute atomic E-state index is 12.3. The Morgan fingerprint density at radius 3 is 2.86 bits per heavy atom. The van der Waals surface area contributed by atoms with Crippen molar-refractivity contribution in [2.24, 2.45) is 0 Å². The lowest BCUT2D eigenvalue weighted by Crippen LogP contribution is -2.55. The molecule has 114 valence electrons. The summed E-state index contributed by atoms with van der Waals surface area (Å²) >= 11 is 3.38. The molecule has 0 aliphatic carbocycles. The zero-order valence-electron chi connectivity index (χ0n) is 11.9. The molecule has 5 nitrogen and oxygen atoms in total. The van der Waals surface area contributed by atoms with Crippen molar-refractivity contribution >= 4 is 27.9 Å². The Bertz CT molecular complexity index is 549. The largest absolute Gasteiger partial charge is 0.479 e. The van der Waals surface area contributed by atoms with Crippen LogP contribution >= 0.6 is 15.9 Å². The van der Waals surface area contributed by atoms with Gasteiger partial charge in [-0.25, -0.2) is 9.59 Å². The molecule has 0 radical (unpaired) electrons. The third-order valence-electron chi connectivity index (χ3n) is 4.05. The van der Waals surface area contributed by atoms with Crippen LogP contribution in [0.5, 0.6) is 0 Å². The molecule has 0 bridgehead atoms. The van der Waals surface area contributed by atoms with Gasteiger partial charge in [0.05, 0.1) is 0 Å². The predicted molar refractivity (Wildman–Crippen MR) is 83.0 cm³/mol. The summed E-state index contributed by atoms with van der Waals surface area (Å²) in [4.78, 5) is 25.3. The Labute approximate surface area is 132 Å². The van der Waals surface area contributed by atoms with Crippen molar-refractivity contribution in [3.8, 4) is 0 Å². The molecule has 21 heavy (non-hydrogen) atoms. The van der Waals surface area contributed by atoms with E-state index < -0.39 is 11.5 Å². The molecule has 2 rings (SSSR count). The number of aliphatic carboxylic acids is 1. The van der Waals surface area contributed by atoms with Crippen molar-refractivity contribution in [3.63, 3.8) is 0 Å². The van der Waals surface area contributed by atoms with Crippen molar-refractivity contribution in [3.05, 3.63) is 34.3 Å². The fourth-order valence-corrected chi connectivity index (χ4v) is 3.28. The topological polar surface area (TPSA) is 69.6 Å². The van der Waals surface area contributed by atoms with Crippen LogP contribution in [-0.2, 0) is 11.3 Å². The summed E-state index contributed by atoms with van der Waals surface area (Å²) < 4.78 is 0.948. The molecule has 6 heteroatoms. The molecule has 0 spiro atoms. The Kier molecular flexibility index (Phi) is 4.88. The van der Waals surface area contributed by atoms with Crippen molar-refractivity contribution in [2.75, 3.05) is 6.54 Å². The van der Waals surface area contributed by atoms with Crippen molar-refractivity contribution in [1.82, 2.24) is 10.2 Å². The molecule has 2 N–H and O–H groups in total. The Hall–Kier alpha value is -1.56. The summed E-state index contributed by atoms with van der Waals surface area (Å²) in [6.45, 7) is 2.69. The first-order valence-corrected chi connectivity index (χ1v) is 7.82. The van der Waals surface area contributed by atoms with Crippen LogP contribution in [-0.4, -0.2) is 34.1 Å². The monoisotopic (exact) mass is 354 g/mol. The standard InChI is InChI=1S/C15H19BrN2O3/c1-2-15(13(19)20)7-4-8-18(15)14(21)17-10-11-5-3-6-12(16)9-11/h3,5-6,9H,2,4,7-8,10H2,1H3,(H,17,21)(H,19,20). The van der Waals surface area contributed by atoms with E-state index in [4.69, 9.17) is 0 Å². The molecule has 1 atom stereocenters. The fourth-order valence-electron chi connectivity index (χ4n) is 2.84. The Balaban J connectivity index is 2.04. The van der Waals surface area contributed by atoms with Crippen LogP contribution in [0.15, 0.2) is 28.7 Å². The number of rotatable bonds is 4.